The lowest BCUT2D eigenvalue weighted by Gasteiger charge is -2.12. The zero-order valence-corrected chi connectivity index (χ0v) is 7.99. The van der Waals surface area contributed by atoms with E-state index in [9.17, 15) is 10.1 Å². The minimum atomic E-state index is -0.646. The second kappa shape index (κ2) is 4.02. The third-order valence-electron chi connectivity index (χ3n) is 2.30. The van der Waals surface area contributed by atoms with Gasteiger partial charge in [-0.1, -0.05) is 6.92 Å². The van der Waals surface area contributed by atoms with Crippen molar-refractivity contribution in [3.63, 3.8) is 0 Å². The molecular formula is C8H15NO4. The van der Waals surface area contributed by atoms with Gasteiger partial charge in [-0.2, -0.15) is 0 Å². The van der Waals surface area contributed by atoms with Crippen molar-refractivity contribution in [1.82, 2.24) is 0 Å². The monoisotopic (exact) mass is 189 g/mol. The second-order valence-electron chi connectivity index (χ2n) is 3.34. The molecule has 0 radical (unpaired) electrons. The van der Waals surface area contributed by atoms with Crippen molar-refractivity contribution in [1.29, 1.82) is 0 Å². The average Bonchev–Trinajstić information content (AvgIpc) is 2.85. The molecule has 5 nitrogen and oxygen atoms in total. The van der Waals surface area contributed by atoms with Crippen LogP contribution in [0.15, 0.2) is 0 Å². The standard InChI is InChI=1S/C8H15NO4/c1-3-4-7(9(10)11)5-8(12-2)6-13-8/h7H,3-6H2,1-2H3. The molecule has 1 saturated heterocycles. The first-order valence-corrected chi connectivity index (χ1v) is 4.46. The van der Waals surface area contributed by atoms with Crippen LogP contribution in [-0.2, 0) is 9.47 Å². The third kappa shape index (κ3) is 2.63. The van der Waals surface area contributed by atoms with E-state index in [-0.39, 0.29) is 4.92 Å². The molecule has 0 aromatic heterocycles. The van der Waals surface area contributed by atoms with Crippen LogP contribution in [0.25, 0.3) is 0 Å². The van der Waals surface area contributed by atoms with E-state index >= 15 is 0 Å². The summed E-state index contributed by atoms with van der Waals surface area (Å²) >= 11 is 0. The van der Waals surface area contributed by atoms with Gasteiger partial charge < -0.3 is 9.47 Å². The molecule has 1 heterocycles. The third-order valence-corrected chi connectivity index (χ3v) is 2.30. The molecule has 0 spiro atoms. The SMILES string of the molecule is CCCC(CC1(OC)CO1)[N+](=O)[O-]. The van der Waals surface area contributed by atoms with Gasteiger partial charge in [0.15, 0.2) is 5.79 Å². The quantitative estimate of drug-likeness (QED) is 0.357. The van der Waals surface area contributed by atoms with Crippen LogP contribution in [0.3, 0.4) is 0 Å². The van der Waals surface area contributed by atoms with Crippen LogP contribution in [0.4, 0.5) is 0 Å². The fraction of sp³-hybridized carbons (Fsp3) is 1.00. The normalized spacial score (nSPS) is 28.5. The van der Waals surface area contributed by atoms with Crippen LogP contribution in [0, 0.1) is 10.1 Å². The van der Waals surface area contributed by atoms with E-state index in [1.54, 1.807) is 0 Å². The fourth-order valence-corrected chi connectivity index (χ4v) is 1.37. The maximum Gasteiger partial charge on any atom is 0.218 e. The van der Waals surface area contributed by atoms with Gasteiger partial charge in [0.1, 0.15) is 6.61 Å². The van der Waals surface area contributed by atoms with Crippen LogP contribution < -0.4 is 0 Å². The number of nitrogens with zero attached hydrogens (tertiary/aromatic N) is 1. The predicted molar refractivity (Wildman–Crippen MR) is 46.0 cm³/mol. The lowest BCUT2D eigenvalue weighted by Crippen LogP contribution is -2.28. The van der Waals surface area contributed by atoms with E-state index < -0.39 is 11.8 Å². The predicted octanol–water partition coefficient (Wildman–Crippen LogP) is 1.19. The fourth-order valence-electron chi connectivity index (χ4n) is 1.37. The van der Waals surface area contributed by atoms with E-state index in [2.05, 4.69) is 0 Å². The lowest BCUT2D eigenvalue weighted by molar-refractivity contribution is -0.527. The molecule has 2 atom stereocenters. The summed E-state index contributed by atoms with van der Waals surface area (Å²) < 4.78 is 10.1. The van der Waals surface area contributed by atoms with Crippen molar-refractivity contribution < 1.29 is 14.4 Å². The number of ether oxygens (including phenoxy) is 2. The van der Waals surface area contributed by atoms with Crippen LogP contribution >= 0.6 is 0 Å². The highest BCUT2D eigenvalue weighted by atomic mass is 16.8. The Balaban J connectivity index is 2.42. The van der Waals surface area contributed by atoms with E-state index in [1.807, 2.05) is 6.92 Å². The Morgan fingerprint density at radius 3 is 2.69 bits per heavy atom. The molecule has 13 heavy (non-hydrogen) atoms. The van der Waals surface area contributed by atoms with Crippen LogP contribution in [0.5, 0.6) is 0 Å². The van der Waals surface area contributed by atoms with Crippen molar-refractivity contribution in [2.24, 2.45) is 0 Å². The molecule has 0 aromatic carbocycles. The largest absolute Gasteiger partial charge is 0.351 e. The van der Waals surface area contributed by atoms with Gasteiger partial charge in [-0.15, -0.1) is 0 Å². The summed E-state index contributed by atoms with van der Waals surface area (Å²) in [5.41, 5.74) is 0. The zero-order valence-electron chi connectivity index (χ0n) is 7.99. The molecule has 1 aliphatic heterocycles. The Labute approximate surface area is 77.2 Å². The smallest absolute Gasteiger partial charge is 0.218 e. The number of methoxy groups -OCH3 is 1. The Kier molecular flexibility index (Phi) is 3.22. The highest BCUT2D eigenvalue weighted by Crippen LogP contribution is 2.34. The summed E-state index contributed by atoms with van der Waals surface area (Å²) in [5.74, 6) is -0.646. The first-order valence-electron chi connectivity index (χ1n) is 4.46. The molecule has 5 heteroatoms. The minimum Gasteiger partial charge on any atom is -0.351 e. The van der Waals surface area contributed by atoms with Crippen molar-refractivity contribution in [2.45, 2.75) is 38.0 Å². The molecular weight excluding hydrogens is 174 g/mol. The van der Waals surface area contributed by atoms with Gasteiger partial charge >= 0.3 is 0 Å². The number of nitro groups is 1. The Morgan fingerprint density at radius 1 is 1.77 bits per heavy atom. The summed E-state index contributed by atoms with van der Waals surface area (Å²) in [4.78, 5) is 10.4. The molecule has 2 unspecified atom stereocenters. The molecule has 1 aliphatic rings. The minimum absolute atomic E-state index is 0.244. The van der Waals surface area contributed by atoms with Gasteiger partial charge in [0, 0.05) is 18.5 Å². The van der Waals surface area contributed by atoms with Crippen molar-refractivity contribution in [3.05, 3.63) is 10.1 Å². The number of rotatable bonds is 6. The maximum absolute atomic E-state index is 10.6. The molecule has 0 bridgehead atoms. The van der Waals surface area contributed by atoms with Crippen LogP contribution in [0.2, 0.25) is 0 Å². The van der Waals surface area contributed by atoms with Gasteiger partial charge in [0.05, 0.1) is 6.42 Å². The second-order valence-corrected chi connectivity index (χ2v) is 3.34. The highest BCUT2D eigenvalue weighted by molar-refractivity contribution is 4.84. The van der Waals surface area contributed by atoms with Gasteiger partial charge in [-0.25, -0.2) is 0 Å². The molecule has 1 fully saturated rings. The van der Waals surface area contributed by atoms with Crippen molar-refractivity contribution in [3.8, 4) is 0 Å². The van der Waals surface area contributed by atoms with Crippen LogP contribution in [0.1, 0.15) is 26.2 Å². The van der Waals surface area contributed by atoms with E-state index in [4.69, 9.17) is 9.47 Å². The highest BCUT2D eigenvalue weighted by Gasteiger charge is 2.49. The summed E-state index contributed by atoms with van der Waals surface area (Å²) in [7, 11) is 1.52. The molecule has 0 amide bonds. The molecule has 0 aromatic rings. The molecule has 76 valence electrons. The van der Waals surface area contributed by atoms with Gasteiger partial charge in [0.25, 0.3) is 0 Å². The van der Waals surface area contributed by atoms with Crippen molar-refractivity contribution in [2.75, 3.05) is 13.7 Å². The summed E-state index contributed by atoms with van der Waals surface area (Å²) in [5, 5.41) is 10.6. The molecule has 0 saturated carbocycles. The number of hydrogen-bond acceptors (Lipinski definition) is 4. The van der Waals surface area contributed by atoms with E-state index in [1.165, 1.54) is 7.11 Å². The first-order chi connectivity index (χ1) is 6.13. The van der Waals surface area contributed by atoms with E-state index in [0.717, 1.165) is 6.42 Å². The molecule has 1 rings (SSSR count). The van der Waals surface area contributed by atoms with Crippen molar-refractivity contribution >= 4 is 0 Å². The van der Waals surface area contributed by atoms with E-state index in [0.29, 0.717) is 19.4 Å². The summed E-state index contributed by atoms with van der Waals surface area (Å²) in [6, 6.07) is -0.535. The van der Waals surface area contributed by atoms with Gasteiger partial charge in [-0.05, 0) is 6.42 Å². The molecule has 0 N–H and O–H groups in total. The lowest BCUT2D eigenvalue weighted by atomic mass is 10.1. The maximum atomic E-state index is 10.6. The van der Waals surface area contributed by atoms with Crippen LogP contribution in [-0.4, -0.2) is 30.5 Å². The number of epoxide rings is 1. The summed E-state index contributed by atoms with van der Waals surface area (Å²) in [6.45, 7) is 2.42. The first kappa shape index (κ1) is 10.4. The molecule has 0 aliphatic carbocycles. The average molecular weight is 189 g/mol. The Bertz CT molecular complexity index is 191. The van der Waals surface area contributed by atoms with Gasteiger partial charge in [0.2, 0.25) is 6.04 Å². The zero-order chi connectivity index (χ0) is 9.90. The summed E-state index contributed by atoms with van der Waals surface area (Å²) in [6.07, 6.45) is 1.76. The Morgan fingerprint density at radius 2 is 2.38 bits per heavy atom. The number of hydrogen-bond donors (Lipinski definition) is 0. The Hall–Kier alpha value is -0.680. The topological polar surface area (TPSA) is 64.9 Å². The van der Waals surface area contributed by atoms with Gasteiger partial charge in [-0.3, -0.25) is 10.1 Å².